The second kappa shape index (κ2) is 10.1. The Labute approximate surface area is 103 Å². The van der Waals surface area contributed by atoms with Crippen molar-refractivity contribution in [3.63, 3.8) is 0 Å². The molecule has 0 spiro atoms. The van der Waals surface area contributed by atoms with Gasteiger partial charge in [0.15, 0.2) is 0 Å². The summed E-state index contributed by atoms with van der Waals surface area (Å²) in [5.41, 5.74) is 1.11. The average Bonchev–Trinajstić information content (AvgIpc) is 2.38. The Bertz CT molecular complexity index is 270. The second-order valence-corrected chi connectivity index (χ2v) is 3.74. The van der Waals surface area contributed by atoms with Crippen molar-refractivity contribution in [2.45, 2.75) is 19.4 Å². The lowest BCUT2D eigenvalue weighted by atomic mass is 10.3. The number of hydrogen-bond donors (Lipinski definition) is 1. The van der Waals surface area contributed by atoms with E-state index in [1.165, 1.54) is 0 Å². The standard InChI is InChI=1S/C12H21N3O2/c1-16-6-7-17-5-3-2-4-13-8-12-9-14-11-15-10-12/h9-11,13H,2-8H2,1H3. The van der Waals surface area contributed by atoms with Crippen molar-refractivity contribution in [1.29, 1.82) is 0 Å². The van der Waals surface area contributed by atoms with Crippen LogP contribution < -0.4 is 5.32 Å². The molecule has 1 heterocycles. The fourth-order valence-electron chi connectivity index (χ4n) is 1.35. The molecule has 0 saturated heterocycles. The van der Waals surface area contributed by atoms with Gasteiger partial charge < -0.3 is 14.8 Å². The van der Waals surface area contributed by atoms with Gasteiger partial charge in [-0.1, -0.05) is 0 Å². The molecule has 0 unspecified atom stereocenters. The van der Waals surface area contributed by atoms with Gasteiger partial charge in [-0.25, -0.2) is 9.97 Å². The van der Waals surface area contributed by atoms with Crippen molar-refractivity contribution < 1.29 is 9.47 Å². The molecule has 0 aliphatic rings. The van der Waals surface area contributed by atoms with Crippen molar-refractivity contribution in [1.82, 2.24) is 15.3 Å². The predicted octanol–water partition coefficient (Wildman–Crippen LogP) is 1.01. The maximum atomic E-state index is 5.37. The number of aromatic nitrogens is 2. The van der Waals surface area contributed by atoms with Gasteiger partial charge in [-0.3, -0.25) is 0 Å². The lowest BCUT2D eigenvalue weighted by Gasteiger charge is -2.05. The van der Waals surface area contributed by atoms with Crippen LogP contribution in [0.1, 0.15) is 18.4 Å². The van der Waals surface area contributed by atoms with Crippen LogP contribution >= 0.6 is 0 Å². The first-order chi connectivity index (χ1) is 8.43. The van der Waals surface area contributed by atoms with E-state index in [1.54, 1.807) is 13.4 Å². The Kier molecular flexibility index (Phi) is 8.36. The van der Waals surface area contributed by atoms with Crippen molar-refractivity contribution in [2.24, 2.45) is 0 Å². The number of hydrogen-bond acceptors (Lipinski definition) is 5. The molecule has 1 aromatic heterocycles. The third-order valence-electron chi connectivity index (χ3n) is 2.27. The molecule has 5 heteroatoms. The molecule has 0 fully saturated rings. The summed E-state index contributed by atoms with van der Waals surface area (Å²) in [6.07, 6.45) is 7.38. The van der Waals surface area contributed by atoms with E-state index in [2.05, 4.69) is 15.3 Å². The van der Waals surface area contributed by atoms with Crippen LogP contribution in [0.4, 0.5) is 0 Å². The molecule has 5 nitrogen and oxygen atoms in total. The van der Waals surface area contributed by atoms with Gasteiger partial charge in [0.05, 0.1) is 13.2 Å². The Morgan fingerprint density at radius 2 is 1.94 bits per heavy atom. The number of methoxy groups -OCH3 is 1. The topological polar surface area (TPSA) is 56.3 Å². The third kappa shape index (κ3) is 7.79. The van der Waals surface area contributed by atoms with Crippen molar-refractivity contribution >= 4 is 0 Å². The Morgan fingerprint density at radius 3 is 2.71 bits per heavy atom. The number of ether oxygens (including phenoxy) is 2. The summed E-state index contributed by atoms with van der Waals surface area (Å²) in [4.78, 5) is 7.92. The maximum absolute atomic E-state index is 5.37. The molecule has 1 rings (SSSR count). The molecule has 1 N–H and O–H groups in total. The summed E-state index contributed by atoms with van der Waals surface area (Å²) in [6, 6.07) is 0. The van der Waals surface area contributed by atoms with Crippen LogP contribution in [0.25, 0.3) is 0 Å². The normalized spacial score (nSPS) is 10.6. The molecule has 96 valence electrons. The monoisotopic (exact) mass is 239 g/mol. The van der Waals surface area contributed by atoms with Gasteiger partial charge in [-0.15, -0.1) is 0 Å². The smallest absolute Gasteiger partial charge is 0.115 e. The summed E-state index contributed by atoms with van der Waals surface area (Å²) in [5, 5.41) is 3.34. The Balaban J connectivity index is 1.85. The van der Waals surface area contributed by atoms with Crippen molar-refractivity contribution in [2.75, 3.05) is 33.5 Å². The van der Waals surface area contributed by atoms with E-state index in [9.17, 15) is 0 Å². The summed E-state index contributed by atoms with van der Waals surface area (Å²) in [5.74, 6) is 0. The summed E-state index contributed by atoms with van der Waals surface area (Å²) >= 11 is 0. The molecular weight excluding hydrogens is 218 g/mol. The van der Waals surface area contributed by atoms with Gasteiger partial charge in [-0.2, -0.15) is 0 Å². The van der Waals surface area contributed by atoms with Gasteiger partial charge in [0, 0.05) is 38.2 Å². The highest BCUT2D eigenvalue weighted by Crippen LogP contribution is 1.93. The van der Waals surface area contributed by atoms with E-state index >= 15 is 0 Å². The molecule has 0 bridgehead atoms. The van der Waals surface area contributed by atoms with Crippen LogP contribution in [-0.4, -0.2) is 43.4 Å². The number of rotatable bonds is 10. The van der Waals surface area contributed by atoms with E-state index in [0.717, 1.165) is 38.1 Å². The van der Waals surface area contributed by atoms with E-state index in [4.69, 9.17) is 9.47 Å². The molecule has 0 radical (unpaired) electrons. The maximum Gasteiger partial charge on any atom is 0.115 e. The first kappa shape index (κ1) is 14.0. The highest BCUT2D eigenvalue weighted by Gasteiger charge is 1.93. The van der Waals surface area contributed by atoms with E-state index in [0.29, 0.717) is 13.2 Å². The molecular formula is C12H21N3O2. The molecule has 17 heavy (non-hydrogen) atoms. The average molecular weight is 239 g/mol. The molecule has 0 aliphatic carbocycles. The minimum atomic E-state index is 0.673. The lowest BCUT2D eigenvalue weighted by Crippen LogP contribution is -2.15. The summed E-state index contributed by atoms with van der Waals surface area (Å²) in [7, 11) is 1.68. The van der Waals surface area contributed by atoms with Crippen LogP contribution in [-0.2, 0) is 16.0 Å². The third-order valence-corrected chi connectivity index (χ3v) is 2.27. The first-order valence-electron chi connectivity index (χ1n) is 5.95. The fraction of sp³-hybridized carbons (Fsp3) is 0.667. The zero-order chi connectivity index (χ0) is 12.2. The number of nitrogens with zero attached hydrogens (tertiary/aromatic N) is 2. The Morgan fingerprint density at radius 1 is 1.12 bits per heavy atom. The van der Waals surface area contributed by atoms with Gasteiger partial charge in [0.2, 0.25) is 0 Å². The molecule has 0 atom stereocenters. The predicted molar refractivity (Wildman–Crippen MR) is 65.7 cm³/mol. The van der Waals surface area contributed by atoms with Gasteiger partial charge in [-0.05, 0) is 19.4 Å². The van der Waals surface area contributed by atoms with E-state index in [1.807, 2.05) is 12.4 Å². The first-order valence-corrected chi connectivity index (χ1v) is 5.95. The number of unbranched alkanes of at least 4 members (excludes halogenated alkanes) is 1. The van der Waals surface area contributed by atoms with Gasteiger partial charge in [0.25, 0.3) is 0 Å². The SMILES string of the molecule is COCCOCCCCNCc1cncnc1. The van der Waals surface area contributed by atoms with Crippen molar-refractivity contribution in [3.8, 4) is 0 Å². The Hall–Kier alpha value is -1.04. The molecule has 0 aromatic carbocycles. The van der Waals surface area contributed by atoms with Crippen molar-refractivity contribution in [3.05, 3.63) is 24.3 Å². The second-order valence-electron chi connectivity index (χ2n) is 3.74. The van der Waals surface area contributed by atoms with Gasteiger partial charge in [0.1, 0.15) is 6.33 Å². The fourth-order valence-corrected chi connectivity index (χ4v) is 1.35. The quantitative estimate of drug-likeness (QED) is 0.618. The molecule has 0 aliphatic heterocycles. The molecule has 0 saturated carbocycles. The van der Waals surface area contributed by atoms with Crippen LogP contribution in [0, 0.1) is 0 Å². The lowest BCUT2D eigenvalue weighted by molar-refractivity contribution is 0.0688. The minimum absolute atomic E-state index is 0.673. The van der Waals surface area contributed by atoms with E-state index < -0.39 is 0 Å². The summed E-state index contributed by atoms with van der Waals surface area (Å²) < 4.78 is 10.3. The molecule has 0 amide bonds. The van der Waals surface area contributed by atoms with Crippen LogP contribution in [0.2, 0.25) is 0 Å². The molecule has 1 aromatic rings. The largest absolute Gasteiger partial charge is 0.382 e. The van der Waals surface area contributed by atoms with Crippen LogP contribution in [0.15, 0.2) is 18.7 Å². The summed E-state index contributed by atoms with van der Waals surface area (Å²) in [6.45, 7) is 3.98. The van der Waals surface area contributed by atoms with Crippen LogP contribution in [0.5, 0.6) is 0 Å². The number of nitrogens with one attached hydrogen (secondary N) is 1. The van der Waals surface area contributed by atoms with Crippen LogP contribution in [0.3, 0.4) is 0 Å². The van der Waals surface area contributed by atoms with Gasteiger partial charge >= 0.3 is 0 Å². The zero-order valence-electron chi connectivity index (χ0n) is 10.4. The van der Waals surface area contributed by atoms with E-state index in [-0.39, 0.29) is 0 Å². The minimum Gasteiger partial charge on any atom is -0.382 e. The highest BCUT2D eigenvalue weighted by molar-refractivity contribution is 5.01. The zero-order valence-corrected chi connectivity index (χ0v) is 10.4. The highest BCUT2D eigenvalue weighted by atomic mass is 16.5.